The summed E-state index contributed by atoms with van der Waals surface area (Å²) in [5.74, 6) is -0.226. The summed E-state index contributed by atoms with van der Waals surface area (Å²) in [6.07, 6.45) is 0.0683. The quantitative estimate of drug-likeness (QED) is 0.768. The first-order valence-electron chi connectivity index (χ1n) is 5.37. The molecule has 0 saturated heterocycles. The molecule has 1 aromatic rings. The molecule has 2 heteroatoms. The second kappa shape index (κ2) is 5.08. The number of hydrogen-bond acceptors (Lipinski definition) is 2. The molecular weight excluding hydrogens is 188 g/mol. The molecule has 1 unspecified atom stereocenters. The Morgan fingerprint density at radius 2 is 1.80 bits per heavy atom. The summed E-state index contributed by atoms with van der Waals surface area (Å²) in [6, 6.07) is 7.43. The van der Waals surface area contributed by atoms with Crippen LogP contribution >= 0.6 is 0 Å². The van der Waals surface area contributed by atoms with Crippen molar-refractivity contribution in [2.45, 2.75) is 33.3 Å². The summed E-state index contributed by atoms with van der Waals surface area (Å²) in [4.78, 5) is 11.7. The summed E-state index contributed by atoms with van der Waals surface area (Å²) in [6.45, 7) is 5.74. The van der Waals surface area contributed by atoms with E-state index in [4.69, 9.17) is 0 Å². The van der Waals surface area contributed by atoms with E-state index in [1.165, 1.54) is 5.56 Å². The maximum atomic E-state index is 11.7. The molecule has 1 aromatic carbocycles. The number of aryl methyl sites for hydroxylation is 1. The Morgan fingerprint density at radius 1 is 1.27 bits per heavy atom. The van der Waals surface area contributed by atoms with Gasteiger partial charge < -0.3 is 5.11 Å². The molecule has 0 aliphatic carbocycles. The zero-order chi connectivity index (χ0) is 11.4. The average molecular weight is 206 g/mol. The maximum Gasteiger partial charge on any atom is 0.191 e. The van der Waals surface area contributed by atoms with Gasteiger partial charge in [0.05, 0.1) is 0 Å². The summed E-state index contributed by atoms with van der Waals surface area (Å²) in [7, 11) is 0. The van der Waals surface area contributed by atoms with Crippen LogP contribution in [0.4, 0.5) is 0 Å². The fourth-order valence-corrected chi connectivity index (χ4v) is 1.38. The third-order valence-corrected chi connectivity index (χ3v) is 2.55. The number of hydrogen-bond donors (Lipinski definition) is 1. The normalized spacial score (nSPS) is 12.9. The standard InChI is InChI=1S/C13H18O2/c1-4-10-5-7-11(8-6-10)13(15)12(14)9(2)3/h5-9,12,14H,4H2,1-3H3. The fourth-order valence-electron chi connectivity index (χ4n) is 1.38. The van der Waals surface area contributed by atoms with Crippen molar-refractivity contribution in [1.29, 1.82) is 0 Å². The molecule has 82 valence electrons. The Labute approximate surface area is 90.9 Å². The Hall–Kier alpha value is -1.15. The fraction of sp³-hybridized carbons (Fsp3) is 0.462. The zero-order valence-electron chi connectivity index (χ0n) is 9.53. The van der Waals surface area contributed by atoms with Crippen molar-refractivity contribution in [1.82, 2.24) is 0 Å². The first-order valence-corrected chi connectivity index (χ1v) is 5.37. The molecule has 15 heavy (non-hydrogen) atoms. The molecule has 0 fully saturated rings. The molecule has 2 nitrogen and oxygen atoms in total. The molecule has 1 rings (SSSR count). The number of rotatable bonds is 4. The molecule has 0 bridgehead atoms. The van der Waals surface area contributed by atoms with Gasteiger partial charge in [0.15, 0.2) is 5.78 Å². The predicted molar refractivity (Wildman–Crippen MR) is 61.0 cm³/mol. The number of aliphatic hydroxyl groups excluding tert-OH is 1. The second-order valence-corrected chi connectivity index (χ2v) is 4.10. The lowest BCUT2D eigenvalue weighted by atomic mass is 9.97. The number of benzene rings is 1. The van der Waals surface area contributed by atoms with Crippen LogP contribution in [0.25, 0.3) is 0 Å². The van der Waals surface area contributed by atoms with Gasteiger partial charge in [-0.1, -0.05) is 45.0 Å². The largest absolute Gasteiger partial charge is 0.385 e. The van der Waals surface area contributed by atoms with E-state index < -0.39 is 6.10 Å². The average Bonchev–Trinajstić information content (AvgIpc) is 2.27. The minimum atomic E-state index is -0.891. The van der Waals surface area contributed by atoms with Crippen molar-refractivity contribution in [3.05, 3.63) is 35.4 Å². The molecule has 0 aliphatic heterocycles. The second-order valence-electron chi connectivity index (χ2n) is 4.10. The van der Waals surface area contributed by atoms with Crippen LogP contribution in [-0.4, -0.2) is 17.0 Å². The Balaban J connectivity index is 2.83. The highest BCUT2D eigenvalue weighted by molar-refractivity contribution is 5.99. The van der Waals surface area contributed by atoms with Crippen molar-refractivity contribution >= 4 is 5.78 Å². The van der Waals surface area contributed by atoms with Crippen LogP contribution in [0, 0.1) is 5.92 Å². The highest BCUT2D eigenvalue weighted by atomic mass is 16.3. The van der Waals surface area contributed by atoms with E-state index in [9.17, 15) is 9.90 Å². The number of carbonyl (C=O) groups is 1. The monoisotopic (exact) mass is 206 g/mol. The van der Waals surface area contributed by atoms with Gasteiger partial charge in [0.2, 0.25) is 0 Å². The minimum Gasteiger partial charge on any atom is -0.385 e. The van der Waals surface area contributed by atoms with Crippen LogP contribution in [0.1, 0.15) is 36.7 Å². The van der Waals surface area contributed by atoms with Crippen LogP contribution in [0.5, 0.6) is 0 Å². The highest BCUT2D eigenvalue weighted by Crippen LogP contribution is 2.11. The van der Waals surface area contributed by atoms with Gasteiger partial charge in [-0.15, -0.1) is 0 Å². The van der Waals surface area contributed by atoms with Gasteiger partial charge in [0, 0.05) is 5.56 Å². The maximum absolute atomic E-state index is 11.7. The molecule has 0 amide bonds. The summed E-state index contributed by atoms with van der Waals surface area (Å²) >= 11 is 0. The predicted octanol–water partition coefficient (Wildman–Crippen LogP) is 2.45. The van der Waals surface area contributed by atoms with Gasteiger partial charge in [-0.2, -0.15) is 0 Å². The van der Waals surface area contributed by atoms with Crippen molar-refractivity contribution in [2.24, 2.45) is 5.92 Å². The highest BCUT2D eigenvalue weighted by Gasteiger charge is 2.19. The van der Waals surface area contributed by atoms with E-state index in [1.807, 2.05) is 26.0 Å². The van der Waals surface area contributed by atoms with Crippen LogP contribution in [-0.2, 0) is 6.42 Å². The van der Waals surface area contributed by atoms with Crippen LogP contribution in [0.2, 0.25) is 0 Å². The van der Waals surface area contributed by atoms with E-state index in [2.05, 4.69) is 6.92 Å². The molecule has 0 radical (unpaired) electrons. The van der Waals surface area contributed by atoms with Gasteiger partial charge >= 0.3 is 0 Å². The smallest absolute Gasteiger partial charge is 0.191 e. The van der Waals surface area contributed by atoms with Gasteiger partial charge in [0.1, 0.15) is 6.10 Å². The Bertz CT molecular complexity index is 325. The lowest BCUT2D eigenvalue weighted by Crippen LogP contribution is -2.26. The number of carbonyl (C=O) groups excluding carboxylic acids is 1. The molecule has 0 spiro atoms. The van der Waals surface area contributed by atoms with E-state index in [1.54, 1.807) is 12.1 Å². The van der Waals surface area contributed by atoms with E-state index in [-0.39, 0.29) is 11.7 Å². The number of aliphatic hydroxyl groups is 1. The van der Waals surface area contributed by atoms with Crippen LogP contribution in [0.15, 0.2) is 24.3 Å². The van der Waals surface area contributed by atoms with Crippen LogP contribution in [0.3, 0.4) is 0 Å². The van der Waals surface area contributed by atoms with Gasteiger partial charge in [-0.3, -0.25) is 4.79 Å². The molecule has 1 atom stereocenters. The molecule has 1 N–H and O–H groups in total. The topological polar surface area (TPSA) is 37.3 Å². The van der Waals surface area contributed by atoms with Gasteiger partial charge in [-0.05, 0) is 17.9 Å². The van der Waals surface area contributed by atoms with Gasteiger partial charge in [0.25, 0.3) is 0 Å². The summed E-state index contributed by atoms with van der Waals surface area (Å²) < 4.78 is 0. The zero-order valence-corrected chi connectivity index (χ0v) is 9.53. The third-order valence-electron chi connectivity index (χ3n) is 2.55. The number of Topliss-reactive ketones (excluding diaryl/α,β-unsaturated/α-hetero) is 1. The van der Waals surface area contributed by atoms with E-state index in [0.29, 0.717) is 5.56 Å². The lowest BCUT2D eigenvalue weighted by Gasteiger charge is -2.13. The molecule has 0 saturated carbocycles. The molecule has 0 aromatic heterocycles. The minimum absolute atomic E-state index is 0.0386. The first kappa shape index (κ1) is 11.9. The lowest BCUT2D eigenvalue weighted by molar-refractivity contribution is 0.0648. The molecule has 0 aliphatic rings. The van der Waals surface area contributed by atoms with Crippen LogP contribution < -0.4 is 0 Å². The van der Waals surface area contributed by atoms with E-state index >= 15 is 0 Å². The van der Waals surface area contributed by atoms with Gasteiger partial charge in [-0.25, -0.2) is 0 Å². The Morgan fingerprint density at radius 3 is 2.20 bits per heavy atom. The van der Waals surface area contributed by atoms with Crippen molar-refractivity contribution < 1.29 is 9.90 Å². The Kier molecular flexibility index (Phi) is 4.04. The SMILES string of the molecule is CCc1ccc(C(=O)C(O)C(C)C)cc1. The molecular formula is C13H18O2. The summed E-state index contributed by atoms with van der Waals surface area (Å²) in [5, 5.41) is 9.63. The van der Waals surface area contributed by atoms with E-state index in [0.717, 1.165) is 6.42 Å². The first-order chi connectivity index (χ1) is 7.06. The third kappa shape index (κ3) is 2.90. The van der Waals surface area contributed by atoms with Crippen molar-refractivity contribution in [3.8, 4) is 0 Å². The molecule has 0 heterocycles. The van der Waals surface area contributed by atoms with Crippen molar-refractivity contribution in [2.75, 3.05) is 0 Å². The van der Waals surface area contributed by atoms with Crippen molar-refractivity contribution in [3.63, 3.8) is 0 Å². The summed E-state index contributed by atoms with van der Waals surface area (Å²) in [5.41, 5.74) is 1.79. The number of ketones is 1.